The van der Waals surface area contributed by atoms with E-state index in [9.17, 15) is 18.0 Å². The number of aryl methyl sites for hydroxylation is 1. The average molecular weight is 713 g/mol. The molecule has 0 unspecified atom stereocenters. The highest BCUT2D eigenvalue weighted by atomic mass is 35.5. The summed E-state index contributed by atoms with van der Waals surface area (Å²) in [5.41, 5.74) is 2.26. The zero-order chi connectivity index (χ0) is 34.8. The predicted molar refractivity (Wildman–Crippen MR) is 190 cm³/mol. The van der Waals surface area contributed by atoms with Gasteiger partial charge in [0.05, 0.1) is 24.8 Å². The number of carbonyl (C=O) groups excluding carboxylic acids is 2. The summed E-state index contributed by atoms with van der Waals surface area (Å²) in [4.78, 5) is 29.8. The number of rotatable bonds is 15. The van der Waals surface area contributed by atoms with E-state index in [2.05, 4.69) is 5.32 Å². The highest BCUT2D eigenvalue weighted by Crippen LogP contribution is 2.34. The summed E-state index contributed by atoms with van der Waals surface area (Å²) in [6.45, 7) is 3.35. The highest BCUT2D eigenvalue weighted by molar-refractivity contribution is 7.92. The van der Waals surface area contributed by atoms with Crippen LogP contribution in [0.25, 0.3) is 0 Å². The Morgan fingerprint density at radius 1 is 0.854 bits per heavy atom. The van der Waals surface area contributed by atoms with Crippen molar-refractivity contribution in [3.63, 3.8) is 0 Å². The maximum absolute atomic E-state index is 14.7. The Balaban J connectivity index is 1.87. The summed E-state index contributed by atoms with van der Waals surface area (Å²) in [5, 5.41) is 3.52. The Morgan fingerprint density at radius 3 is 2.10 bits per heavy atom. The quantitative estimate of drug-likeness (QED) is 0.148. The normalized spacial score (nSPS) is 11.8. The Morgan fingerprint density at radius 2 is 1.50 bits per heavy atom. The number of anilines is 1. The predicted octanol–water partition coefficient (Wildman–Crippen LogP) is 6.68. The first-order valence-electron chi connectivity index (χ1n) is 15.4. The lowest BCUT2D eigenvalue weighted by Gasteiger charge is -2.34. The molecule has 1 atom stereocenters. The molecule has 4 aromatic carbocycles. The molecule has 0 aromatic heterocycles. The topological polar surface area (TPSA) is 105 Å². The number of nitrogens with zero attached hydrogens (tertiary/aromatic N) is 2. The van der Waals surface area contributed by atoms with Crippen LogP contribution in [-0.4, -0.2) is 58.5 Å². The van der Waals surface area contributed by atoms with E-state index in [1.165, 1.54) is 43.4 Å². The fraction of sp³-hybridized carbons (Fsp3) is 0.278. The third-order valence-electron chi connectivity index (χ3n) is 7.75. The van der Waals surface area contributed by atoms with Crippen LogP contribution in [0, 0.1) is 6.92 Å². The van der Waals surface area contributed by atoms with Crippen LogP contribution in [0.4, 0.5) is 5.69 Å². The largest absolute Gasteiger partial charge is 0.493 e. The number of hydrogen-bond donors (Lipinski definition) is 1. The Hall–Kier alpha value is -4.25. The number of benzene rings is 4. The van der Waals surface area contributed by atoms with Crippen LogP contribution in [0.3, 0.4) is 0 Å². The van der Waals surface area contributed by atoms with E-state index in [1.54, 1.807) is 36.4 Å². The number of ether oxygens (including phenoxy) is 2. The molecule has 0 radical (unpaired) electrons. The first-order chi connectivity index (χ1) is 23.0. The molecule has 0 saturated heterocycles. The number of halogens is 2. The fourth-order valence-electron chi connectivity index (χ4n) is 5.12. The minimum atomic E-state index is -4.32. The summed E-state index contributed by atoms with van der Waals surface area (Å²) in [5.74, 6) is -0.391. The van der Waals surface area contributed by atoms with Gasteiger partial charge < -0.3 is 19.7 Å². The van der Waals surface area contributed by atoms with Gasteiger partial charge in [-0.25, -0.2) is 8.42 Å². The molecule has 0 saturated carbocycles. The third-order valence-corrected chi connectivity index (χ3v) is 10.2. The van der Waals surface area contributed by atoms with Crippen molar-refractivity contribution in [2.24, 2.45) is 0 Å². The molecular formula is C36H39Cl2N3O6S. The third kappa shape index (κ3) is 8.80. The molecule has 4 rings (SSSR count). The smallest absolute Gasteiger partial charge is 0.264 e. The van der Waals surface area contributed by atoms with Crippen LogP contribution >= 0.6 is 23.2 Å². The number of carbonyl (C=O) groups is 2. The lowest BCUT2D eigenvalue weighted by molar-refractivity contribution is -0.140. The molecule has 0 aliphatic carbocycles. The minimum absolute atomic E-state index is 0.0158. The molecule has 0 aliphatic rings. The van der Waals surface area contributed by atoms with E-state index < -0.39 is 34.4 Å². The van der Waals surface area contributed by atoms with Crippen LogP contribution in [-0.2, 0) is 32.6 Å². The molecule has 0 bridgehead atoms. The van der Waals surface area contributed by atoms with Gasteiger partial charge in [-0.05, 0) is 55.3 Å². The van der Waals surface area contributed by atoms with E-state index in [0.29, 0.717) is 34.3 Å². The summed E-state index contributed by atoms with van der Waals surface area (Å²) in [7, 11) is -1.41. The van der Waals surface area contributed by atoms with Gasteiger partial charge in [-0.15, -0.1) is 0 Å². The lowest BCUT2D eigenvalue weighted by atomic mass is 10.0. The van der Waals surface area contributed by atoms with Crippen LogP contribution in [0.5, 0.6) is 11.5 Å². The average Bonchev–Trinajstić information content (AvgIpc) is 3.08. The van der Waals surface area contributed by atoms with Crippen molar-refractivity contribution in [2.45, 2.75) is 44.2 Å². The summed E-state index contributed by atoms with van der Waals surface area (Å²) >= 11 is 13.2. The van der Waals surface area contributed by atoms with Crippen molar-refractivity contribution in [2.75, 3.05) is 31.6 Å². The summed E-state index contributed by atoms with van der Waals surface area (Å²) < 4.78 is 40.5. The summed E-state index contributed by atoms with van der Waals surface area (Å²) in [6.07, 6.45) is 0.835. The molecule has 0 aliphatic heterocycles. The number of nitrogens with one attached hydrogen (secondary N) is 1. The van der Waals surface area contributed by atoms with Crippen LogP contribution < -0.4 is 19.1 Å². The molecule has 2 amide bonds. The first kappa shape index (κ1) is 36.6. The SMILES string of the molecule is CCCNC(=O)[C@@H](Cc1ccccc1)N(Cc1c(Cl)cccc1Cl)C(=O)CN(c1ccc(OC)c(OC)c1)S(=O)(=O)c1ccc(C)cc1. The highest BCUT2D eigenvalue weighted by Gasteiger charge is 2.35. The van der Waals surface area contributed by atoms with Crippen LogP contribution in [0.1, 0.15) is 30.0 Å². The van der Waals surface area contributed by atoms with Crippen LogP contribution in [0.2, 0.25) is 10.0 Å². The molecule has 0 fully saturated rings. The Labute approximate surface area is 292 Å². The van der Waals surface area contributed by atoms with Crippen molar-refractivity contribution in [1.29, 1.82) is 0 Å². The van der Waals surface area contributed by atoms with Crippen molar-refractivity contribution < 1.29 is 27.5 Å². The second-order valence-electron chi connectivity index (χ2n) is 11.1. The molecule has 12 heteroatoms. The van der Waals surface area contributed by atoms with Crippen molar-refractivity contribution in [3.8, 4) is 11.5 Å². The molecule has 9 nitrogen and oxygen atoms in total. The monoisotopic (exact) mass is 711 g/mol. The standard InChI is InChI=1S/C36H39Cl2N3O6S/c1-5-20-39-36(43)32(21-26-10-7-6-8-11-26)40(23-29-30(37)12-9-13-31(29)38)35(42)24-41(27-16-19-33(46-3)34(22-27)47-4)48(44,45)28-17-14-25(2)15-18-28/h6-19,22,32H,5,20-21,23-24H2,1-4H3,(H,39,43)/t32-/m1/s1. The molecular weight excluding hydrogens is 673 g/mol. The second kappa shape index (κ2) is 16.7. The van der Waals surface area contributed by atoms with E-state index in [1.807, 2.05) is 44.2 Å². The van der Waals surface area contributed by atoms with Crippen molar-refractivity contribution in [1.82, 2.24) is 10.2 Å². The first-order valence-corrected chi connectivity index (χ1v) is 17.5. The number of methoxy groups -OCH3 is 2. The number of amides is 2. The van der Waals surface area contributed by atoms with Gasteiger partial charge in [-0.2, -0.15) is 0 Å². The van der Waals surface area contributed by atoms with E-state index in [4.69, 9.17) is 32.7 Å². The lowest BCUT2D eigenvalue weighted by Crippen LogP contribution is -2.53. The zero-order valence-corrected chi connectivity index (χ0v) is 29.6. The molecule has 48 heavy (non-hydrogen) atoms. The van der Waals surface area contributed by atoms with Gasteiger partial charge in [0, 0.05) is 41.2 Å². The molecule has 0 heterocycles. The van der Waals surface area contributed by atoms with Gasteiger partial charge in [0.1, 0.15) is 12.6 Å². The van der Waals surface area contributed by atoms with Gasteiger partial charge in [0.2, 0.25) is 11.8 Å². The Bertz CT molecular complexity index is 1800. The van der Waals surface area contributed by atoms with Gasteiger partial charge in [-0.1, -0.05) is 84.2 Å². The minimum Gasteiger partial charge on any atom is -0.493 e. The molecule has 1 N–H and O–H groups in total. The van der Waals surface area contributed by atoms with Crippen molar-refractivity contribution >= 4 is 50.7 Å². The van der Waals surface area contributed by atoms with Gasteiger partial charge >= 0.3 is 0 Å². The zero-order valence-electron chi connectivity index (χ0n) is 27.3. The number of sulfonamides is 1. The van der Waals surface area contributed by atoms with Crippen molar-refractivity contribution in [3.05, 3.63) is 118 Å². The molecule has 0 spiro atoms. The Kier molecular flexibility index (Phi) is 12.7. The maximum atomic E-state index is 14.7. The molecule has 254 valence electrons. The van der Waals surface area contributed by atoms with E-state index in [-0.39, 0.29) is 29.3 Å². The molecule has 4 aromatic rings. The van der Waals surface area contributed by atoms with Gasteiger partial charge in [-0.3, -0.25) is 13.9 Å². The fourth-order valence-corrected chi connectivity index (χ4v) is 7.04. The van der Waals surface area contributed by atoms with E-state index in [0.717, 1.165) is 15.4 Å². The number of hydrogen-bond acceptors (Lipinski definition) is 6. The van der Waals surface area contributed by atoms with Crippen LogP contribution in [0.15, 0.2) is 95.9 Å². The maximum Gasteiger partial charge on any atom is 0.264 e. The van der Waals surface area contributed by atoms with Gasteiger partial charge in [0.15, 0.2) is 11.5 Å². The van der Waals surface area contributed by atoms with Gasteiger partial charge in [0.25, 0.3) is 10.0 Å². The summed E-state index contributed by atoms with van der Waals surface area (Å²) in [6, 6.07) is 24.1. The van der Waals surface area contributed by atoms with E-state index >= 15 is 0 Å². The second-order valence-corrected chi connectivity index (χ2v) is 13.8.